The summed E-state index contributed by atoms with van der Waals surface area (Å²) in [5.74, 6) is -0.00154. The second-order valence-corrected chi connectivity index (χ2v) is 8.89. The number of aromatic nitrogens is 1. The van der Waals surface area contributed by atoms with Crippen LogP contribution < -0.4 is 0 Å². The smallest absolute Gasteiger partial charge is 0.273 e. The summed E-state index contributed by atoms with van der Waals surface area (Å²) in [5.41, 5.74) is 1.39. The third-order valence-electron chi connectivity index (χ3n) is 3.57. The predicted octanol–water partition coefficient (Wildman–Crippen LogP) is 2.13. The third kappa shape index (κ3) is 3.02. The van der Waals surface area contributed by atoms with Crippen LogP contribution in [0.3, 0.4) is 0 Å². The number of thiazole rings is 1. The average Bonchev–Trinajstić information content (AvgIpc) is 3.16. The number of carbonyl (C=O) groups excluding carboxylic acids is 1. The molecule has 0 spiro atoms. The monoisotopic (exact) mass is 342 g/mol. The summed E-state index contributed by atoms with van der Waals surface area (Å²) in [6.07, 6.45) is 0.506. The van der Waals surface area contributed by atoms with Gasteiger partial charge in [0.2, 0.25) is 0 Å². The average molecular weight is 342 g/mol. The van der Waals surface area contributed by atoms with Crippen LogP contribution in [0.1, 0.15) is 16.9 Å². The van der Waals surface area contributed by atoms with E-state index in [9.17, 15) is 13.2 Å². The first-order valence-electron chi connectivity index (χ1n) is 6.42. The lowest BCUT2D eigenvalue weighted by atomic mass is 10.2. The molecule has 1 saturated heterocycles. The molecule has 1 atom stereocenters. The predicted molar refractivity (Wildman–Crippen MR) is 84.6 cm³/mol. The fourth-order valence-corrected chi connectivity index (χ4v) is 5.60. The van der Waals surface area contributed by atoms with Crippen LogP contribution in [0, 0.1) is 0 Å². The Kier molecular flexibility index (Phi) is 3.85. The molecule has 1 aliphatic rings. The summed E-state index contributed by atoms with van der Waals surface area (Å²) in [6, 6.07) is 1.72. The summed E-state index contributed by atoms with van der Waals surface area (Å²) in [5, 5.41) is 6.50. The molecule has 0 bridgehead atoms. The fourth-order valence-electron chi connectivity index (χ4n) is 2.32. The van der Waals surface area contributed by atoms with Crippen LogP contribution in [0.15, 0.2) is 22.2 Å². The van der Waals surface area contributed by atoms with Gasteiger partial charge in [0.1, 0.15) is 10.7 Å². The molecule has 3 rings (SSSR count). The second kappa shape index (κ2) is 5.51. The maximum Gasteiger partial charge on any atom is 0.273 e. The highest BCUT2D eigenvalue weighted by molar-refractivity contribution is 7.91. The Labute approximate surface area is 131 Å². The van der Waals surface area contributed by atoms with E-state index < -0.39 is 9.84 Å². The molecule has 1 unspecified atom stereocenters. The van der Waals surface area contributed by atoms with Crippen LogP contribution in [0.25, 0.3) is 10.6 Å². The van der Waals surface area contributed by atoms with Gasteiger partial charge in [-0.15, -0.1) is 11.3 Å². The minimum atomic E-state index is -3.00. The lowest BCUT2D eigenvalue weighted by molar-refractivity contribution is 0.0742. The topological polar surface area (TPSA) is 67.3 Å². The van der Waals surface area contributed by atoms with Crippen molar-refractivity contribution in [2.75, 3.05) is 18.6 Å². The number of thiophene rings is 1. The van der Waals surface area contributed by atoms with E-state index in [1.165, 1.54) is 16.2 Å². The third-order valence-corrected chi connectivity index (χ3v) is 6.89. The van der Waals surface area contributed by atoms with E-state index in [-0.39, 0.29) is 23.5 Å². The van der Waals surface area contributed by atoms with Crippen molar-refractivity contribution in [1.29, 1.82) is 0 Å². The first-order chi connectivity index (χ1) is 9.96. The first-order valence-corrected chi connectivity index (χ1v) is 10.1. The number of sulfone groups is 1. The molecule has 112 valence electrons. The lowest BCUT2D eigenvalue weighted by Gasteiger charge is -2.22. The Morgan fingerprint density at radius 3 is 2.86 bits per heavy atom. The molecule has 0 N–H and O–H groups in total. The van der Waals surface area contributed by atoms with Crippen molar-refractivity contribution in [2.24, 2.45) is 0 Å². The van der Waals surface area contributed by atoms with Gasteiger partial charge in [-0.2, -0.15) is 11.3 Å². The van der Waals surface area contributed by atoms with Crippen LogP contribution in [-0.4, -0.2) is 48.8 Å². The molecular weight excluding hydrogens is 328 g/mol. The molecule has 5 nitrogen and oxygen atoms in total. The molecule has 2 aromatic rings. The van der Waals surface area contributed by atoms with Gasteiger partial charge in [-0.1, -0.05) is 0 Å². The molecule has 1 fully saturated rings. The summed E-state index contributed by atoms with van der Waals surface area (Å²) < 4.78 is 23.0. The van der Waals surface area contributed by atoms with Crippen molar-refractivity contribution in [3.8, 4) is 10.6 Å². The number of hydrogen-bond donors (Lipinski definition) is 0. The minimum Gasteiger partial charge on any atom is -0.336 e. The van der Waals surface area contributed by atoms with Crippen LogP contribution in [-0.2, 0) is 9.84 Å². The minimum absolute atomic E-state index is 0.0523. The van der Waals surface area contributed by atoms with Gasteiger partial charge in [-0.25, -0.2) is 13.4 Å². The summed E-state index contributed by atoms with van der Waals surface area (Å²) in [4.78, 5) is 18.3. The van der Waals surface area contributed by atoms with E-state index in [0.29, 0.717) is 12.1 Å². The van der Waals surface area contributed by atoms with Gasteiger partial charge in [0.05, 0.1) is 11.5 Å². The Hall–Kier alpha value is -1.25. The number of amides is 1. The van der Waals surface area contributed by atoms with Gasteiger partial charge in [0, 0.05) is 29.4 Å². The Bertz CT molecular complexity index is 749. The fraction of sp³-hybridized carbons (Fsp3) is 0.385. The van der Waals surface area contributed by atoms with Crippen LogP contribution in [0.5, 0.6) is 0 Å². The zero-order chi connectivity index (χ0) is 15.0. The number of nitrogens with zero attached hydrogens (tertiary/aromatic N) is 2. The van der Waals surface area contributed by atoms with E-state index in [0.717, 1.165) is 10.6 Å². The lowest BCUT2D eigenvalue weighted by Crippen LogP contribution is -2.38. The zero-order valence-corrected chi connectivity index (χ0v) is 13.8. The van der Waals surface area contributed by atoms with Crippen molar-refractivity contribution in [2.45, 2.75) is 12.5 Å². The van der Waals surface area contributed by atoms with Gasteiger partial charge in [0.15, 0.2) is 9.84 Å². The molecule has 3 heterocycles. The summed E-state index contributed by atoms with van der Waals surface area (Å²) in [6.45, 7) is 0. The standard InChI is InChI=1S/C13H14N2O3S3/c1-15(10-3-5-21(17,18)8-10)13(16)11-7-20-12(14-11)9-2-4-19-6-9/h2,4,6-7,10H,3,5,8H2,1H3. The van der Waals surface area contributed by atoms with Crippen molar-refractivity contribution >= 4 is 38.4 Å². The molecule has 21 heavy (non-hydrogen) atoms. The normalized spacial score (nSPS) is 20.5. The van der Waals surface area contributed by atoms with Gasteiger partial charge >= 0.3 is 0 Å². The molecule has 1 aliphatic heterocycles. The van der Waals surface area contributed by atoms with E-state index in [2.05, 4.69) is 4.98 Å². The highest BCUT2D eigenvalue weighted by Gasteiger charge is 2.33. The van der Waals surface area contributed by atoms with Crippen molar-refractivity contribution in [1.82, 2.24) is 9.88 Å². The van der Waals surface area contributed by atoms with Gasteiger partial charge in [-0.3, -0.25) is 4.79 Å². The maximum atomic E-state index is 12.4. The summed E-state index contributed by atoms with van der Waals surface area (Å²) in [7, 11) is -1.35. The molecule has 0 aliphatic carbocycles. The Morgan fingerprint density at radius 2 is 2.24 bits per heavy atom. The maximum absolute atomic E-state index is 12.4. The molecule has 0 aromatic carbocycles. The first kappa shape index (κ1) is 14.7. The van der Waals surface area contributed by atoms with E-state index in [1.807, 2.05) is 16.8 Å². The Balaban J connectivity index is 1.76. The van der Waals surface area contributed by atoms with Gasteiger partial charge in [0.25, 0.3) is 5.91 Å². The van der Waals surface area contributed by atoms with Crippen LogP contribution >= 0.6 is 22.7 Å². The largest absolute Gasteiger partial charge is 0.336 e. The van der Waals surface area contributed by atoms with Crippen LogP contribution in [0.4, 0.5) is 0 Å². The zero-order valence-electron chi connectivity index (χ0n) is 11.4. The number of rotatable bonds is 3. The van der Waals surface area contributed by atoms with E-state index in [1.54, 1.807) is 23.8 Å². The Morgan fingerprint density at radius 1 is 1.43 bits per heavy atom. The van der Waals surface area contributed by atoms with Gasteiger partial charge < -0.3 is 4.90 Å². The van der Waals surface area contributed by atoms with Gasteiger partial charge in [-0.05, 0) is 17.9 Å². The molecular formula is C13H14N2O3S3. The second-order valence-electron chi connectivity index (χ2n) is 5.02. The molecule has 0 saturated carbocycles. The number of carbonyl (C=O) groups is 1. The van der Waals surface area contributed by atoms with Crippen LogP contribution in [0.2, 0.25) is 0 Å². The SMILES string of the molecule is CN(C(=O)c1csc(-c2ccsc2)n1)C1CCS(=O)(=O)C1. The van der Waals surface area contributed by atoms with Crippen molar-refractivity contribution in [3.05, 3.63) is 27.9 Å². The van der Waals surface area contributed by atoms with E-state index in [4.69, 9.17) is 0 Å². The van der Waals surface area contributed by atoms with Crippen molar-refractivity contribution in [3.63, 3.8) is 0 Å². The quantitative estimate of drug-likeness (QED) is 0.857. The molecule has 8 heteroatoms. The van der Waals surface area contributed by atoms with Crippen molar-refractivity contribution < 1.29 is 13.2 Å². The summed E-state index contributed by atoms with van der Waals surface area (Å²) >= 11 is 3.01. The highest BCUT2D eigenvalue weighted by atomic mass is 32.2. The van der Waals surface area contributed by atoms with E-state index >= 15 is 0 Å². The number of hydrogen-bond acceptors (Lipinski definition) is 6. The highest BCUT2D eigenvalue weighted by Crippen LogP contribution is 2.27. The molecule has 0 radical (unpaired) electrons. The molecule has 1 amide bonds. The molecule has 2 aromatic heterocycles.